The van der Waals surface area contributed by atoms with Gasteiger partial charge in [0.1, 0.15) is 33.6 Å². The Bertz CT molecular complexity index is 5050. The third-order valence-electron chi connectivity index (χ3n) is 21.4. The van der Waals surface area contributed by atoms with Crippen molar-refractivity contribution in [2.24, 2.45) is 17.2 Å². The van der Waals surface area contributed by atoms with Gasteiger partial charge in [-0.15, -0.1) is 0 Å². The van der Waals surface area contributed by atoms with Crippen molar-refractivity contribution in [2.75, 3.05) is 35.6 Å². The average Bonchev–Trinajstić information content (AvgIpc) is 1.76. The van der Waals surface area contributed by atoms with Crippen molar-refractivity contribution in [1.82, 2.24) is 46.9 Å². The zero-order chi connectivity index (χ0) is 97.8. The number of carbonyl (C=O) groups excluding carboxylic acids is 12. The molecule has 716 valence electrons. The Morgan fingerprint density at radius 3 is 0.737 bits per heavy atom. The first-order valence-corrected chi connectivity index (χ1v) is 44.9. The van der Waals surface area contributed by atoms with E-state index < -0.39 is 146 Å². The van der Waals surface area contributed by atoms with Crippen LogP contribution in [-0.4, -0.2) is 175 Å². The predicted molar refractivity (Wildman–Crippen MR) is 512 cm³/mol. The lowest BCUT2D eigenvalue weighted by Gasteiger charge is -2.32. The highest BCUT2D eigenvalue weighted by atomic mass is 16.6. The van der Waals surface area contributed by atoms with Crippen LogP contribution in [0.25, 0.3) is 32.7 Å². The molecule has 6 aromatic carbocycles. The second kappa shape index (κ2) is 43.9. The zero-order valence-corrected chi connectivity index (χ0v) is 79.6. The second-order valence-electron chi connectivity index (χ2n) is 39.6. The number of amides is 9. The van der Waals surface area contributed by atoms with Gasteiger partial charge in [0.2, 0.25) is 0 Å². The third-order valence-corrected chi connectivity index (χ3v) is 21.4. The molecule has 33 heteroatoms. The molecule has 0 radical (unpaired) electrons. The lowest BCUT2D eigenvalue weighted by molar-refractivity contribution is -0.136. The Morgan fingerprint density at radius 2 is 0.511 bits per heavy atom. The number of hydrogen-bond donors (Lipinski definition) is 15. The second-order valence-corrected chi connectivity index (χ2v) is 39.6. The van der Waals surface area contributed by atoms with Gasteiger partial charge in [0.05, 0.1) is 18.1 Å². The molecule has 0 saturated carbocycles. The number of Topliss-reactive ketones (excluding diaryl/α,β-unsaturated/α-hetero) is 3. The van der Waals surface area contributed by atoms with E-state index in [-0.39, 0.29) is 114 Å². The molecule has 9 amide bonds. The van der Waals surface area contributed by atoms with Gasteiger partial charge < -0.3 is 108 Å². The summed E-state index contributed by atoms with van der Waals surface area (Å²) in [6, 6.07) is 37.8. The van der Waals surface area contributed by atoms with Crippen LogP contribution in [0.3, 0.4) is 0 Å². The van der Waals surface area contributed by atoms with Gasteiger partial charge >= 0.3 is 36.6 Å². The van der Waals surface area contributed by atoms with Crippen molar-refractivity contribution in [3.8, 4) is 0 Å². The number of rotatable bonds is 39. The number of ketones is 3. The topological polar surface area (TPSA) is 494 Å². The summed E-state index contributed by atoms with van der Waals surface area (Å²) in [4.78, 5) is 182. The fraction of sp³-hybridized carbons (Fsp3) is 0.460. The molecule has 9 rings (SSSR count). The minimum atomic E-state index is -2.37. The fourth-order valence-corrected chi connectivity index (χ4v) is 15.2. The van der Waals surface area contributed by atoms with E-state index >= 15 is 28.8 Å². The van der Waals surface area contributed by atoms with Crippen molar-refractivity contribution in [3.63, 3.8) is 0 Å². The van der Waals surface area contributed by atoms with Gasteiger partial charge in [-0.2, -0.15) is 0 Å². The summed E-state index contributed by atoms with van der Waals surface area (Å²) in [7, 11) is 0. The molecular formula is C100H133N15O18. The van der Waals surface area contributed by atoms with E-state index in [1.54, 1.807) is 216 Å². The zero-order valence-electron chi connectivity index (χ0n) is 79.6. The molecule has 3 aromatic heterocycles. The summed E-state index contributed by atoms with van der Waals surface area (Å²) in [5.74, 6) is -6.11. The molecule has 6 atom stereocenters. The van der Waals surface area contributed by atoms with Crippen LogP contribution < -0.4 is 65.1 Å². The lowest BCUT2D eigenvalue weighted by atomic mass is 9.82. The number of fused-ring (bicyclic) bond motifs is 3. The first kappa shape index (κ1) is 104. The summed E-state index contributed by atoms with van der Waals surface area (Å²) >= 11 is 0. The van der Waals surface area contributed by atoms with Gasteiger partial charge in [0.15, 0.2) is 34.0 Å². The maximum Gasteiger partial charge on any atom is 0.408 e. The fourth-order valence-electron chi connectivity index (χ4n) is 15.2. The Hall–Kier alpha value is -13.1. The number of aromatic nitrogens is 3. The molecule has 0 aliphatic carbocycles. The number of ether oxygens (including phenoxy) is 6. The quantitative estimate of drug-likeness (QED) is 0.00736. The van der Waals surface area contributed by atoms with Gasteiger partial charge in [0, 0.05) is 113 Å². The number of H-pyrrole nitrogens is 3. The molecule has 0 aliphatic rings. The van der Waals surface area contributed by atoms with Gasteiger partial charge in [0.25, 0.3) is 17.7 Å². The molecule has 0 bridgehead atoms. The third kappa shape index (κ3) is 30.7. The van der Waals surface area contributed by atoms with E-state index in [1.165, 1.54) is 0 Å². The number of alkyl carbamates (subject to hydrolysis) is 6. The first-order valence-electron chi connectivity index (χ1n) is 44.9. The number of benzene rings is 6. The number of nitrogens with one attached hydrogen (secondary N) is 12. The minimum Gasteiger partial charge on any atom is -0.444 e. The normalized spacial score (nSPS) is 14.1. The standard InChI is InChI=1S/C100H133N15O18/c1-92(2,3)128-86(122)104-52-28-25-49-98(101,80(116)76(113-89(125)131-95(10,11)12)55-64-58-107-73-34-22-19-31-70(64)73)83(119)110-67-43-37-61(38-44-67)79(62-39-45-68(46-40-62)111-84(120)99(102,50-26-29-53-105-87(123)129-93(4,5)6)81(117)77(114-90(126)132-96(13,14)15)56-65-59-108-74-35-23-20-32-71(65)74)63-41-47-69(48-42-63)112-85(121)100(103,51-27-30-54-106-88(124)130-94(7,8)9)82(118)78(115-91(127)133-97(16,17)18)57-66-60-109-75-36-24-21-33-72(66)75/h19-24,31-48,58-60,76-79,107-109H,25-30,49-57,101-103H2,1-18H3,(H,104,122)(H,105,123)(H,106,124)(H,110,119)(H,111,120)(H,112,121)(H,113,125)(H,114,126)(H,115,127)/t76-,77-,78-,98+,99+,100+/m0/s1. The molecule has 9 aromatic rings. The summed E-state index contributed by atoms with van der Waals surface area (Å²) < 4.78 is 33.4. The van der Waals surface area contributed by atoms with E-state index in [2.05, 4.69) is 62.8 Å². The van der Waals surface area contributed by atoms with Gasteiger partial charge in [-0.3, -0.25) is 28.8 Å². The first-order chi connectivity index (χ1) is 62.2. The van der Waals surface area contributed by atoms with Crippen LogP contribution in [0.4, 0.5) is 45.8 Å². The minimum absolute atomic E-state index is 0.0890. The maximum absolute atomic E-state index is 15.6. The van der Waals surface area contributed by atoms with E-state index in [4.69, 9.17) is 45.6 Å². The van der Waals surface area contributed by atoms with E-state index in [0.29, 0.717) is 33.4 Å². The van der Waals surface area contributed by atoms with Crippen LogP contribution in [0, 0.1) is 0 Å². The Labute approximate surface area is 776 Å². The van der Waals surface area contributed by atoms with Crippen molar-refractivity contribution in [1.29, 1.82) is 0 Å². The van der Waals surface area contributed by atoms with Crippen LogP contribution >= 0.6 is 0 Å². The molecular weight excluding hydrogens is 1700 g/mol. The highest BCUT2D eigenvalue weighted by Gasteiger charge is 2.49. The molecule has 0 saturated heterocycles. The number of aromatic amines is 3. The average molecular weight is 1830 g/mol. The molecule has 0 fully saturated rings. The molecule has 133 heavy (non-hydrogen) atoms. The maximum atomic E-state index is 15.6. The Balaban J connectivity index is 1.10. The van der Waals surface area contributed by atoms with Crippen molar-refractivity contribution in [3.05, 3.63) is 198 Å². The highest BCUT2D eigenvalue weighted by Crippen LogP contribution is 2.37. The summed E-state index contributed by atoms with van der Waals surface area (Å²) in [5.41, 5.74) is 15.7. The predicted octanol–water partition coefficient (Wildman–Crippen LogP) is 15.4. The molecule has 0 aliphatic heterocycles. The van der Waals surface area contributed by atoms with Crippen LogP contribution in [0.15, 0.2) is 164 Å². The van der Waals surface area contributed by atoms with Crippen LogP contribution in [-0.2, 0) is 76.5 Å². The molecule has 3 heterocycles. The van der Waals surface area contributed by atoms with Gasteiger partial charge in [-0.1, -0.05) is 91.0 Å². The number of unbranched alkanes of at least 4 members (excludes halogenated alkanes) is 3. The Morgan fingerprint density at radius 1 is 0.293 bits per heavy atom. The molecule has 18 N–H and O–H groups in total. The lowest BCUT2D eigenvalue weighted by Crippen LogP contribution is -2.63. The van der Waals surface area contributed by atoms with Crippen LogP contribution in [0.1, 0.15) is 222 Å². The van der Waals surface area contributed by atoms with Gasteiger partial charge in [-0.25, -0.2) is 28.8 Å². The van der Waals surface area contributed by atoms with Crippen molar-refractivity contribution < 1.29 is 86.0 Å². The van der Waals surface area contributed by atoms with Crippen LogP contribution in [0.2, 0.25) is 0 Å². The van der Waals surface area contributed by atoms with Crippen molar-refractivity contribution in [2.45, 2.75) is 276 Å². The number of nitrogens with two attached hydrogens (primary N) is 3. The number of hydrogen-bond acceptors (Lipinski definition) is 21. The van der Waals surface area contributed by atoms with E-state index in [0.717, 1.165) is 32.7 Å². The summed E-state index contributed by atoms with van der Waals surface area (Å²) in [6.07, 6.45) is 0.206. The smallest absolute Gasteiger partial charge is 0.408 e. The summed E-state index contributed by atoms with van der Waals surface area (Å²) in [5, 5.41) is 27.2. The monoisotopic (exact) mass is 1830 g/mol. The van der Waals surface area contributed by atoms with E-state index in [1.807, 2.05) is 72.8 Å². The highest BCUT2D eigenvalue weighted by molar-refractivity contribution is 6.19. The summed E-state index contributed by atoms with van der Waals surface area (Å²) in [6.45, 7) is 30.8. The molecule has 33 nitrogen and oxygen atoms in total. The van der Waals surface area contributed by atoms with E-state index in [9.17, 15) is 28.8 Å². The number of anilines is 3. The largest absolute Gasteiger partial charge is 0.444 e. The molecule has 0 spiro atoms. The Kier molecular flexibility index (Phi) is 34.2. The number of para-hydroxylation sites is 3. The number of carbonyl (C=O) groups is 12. The molecule has 0 unspecified atom stereocenters. The van der Waals surface area contributed by atoms with Crippen molar-refractivity contribution >= 4 is 121 Å². The van der Waals surface area contributed by atoms with Gasteiger partial charge in [-0.05, 0) is 270 Å². The SMILES string of the molecule is CC(C)(C)OC(=O)NCCCC[C@](N)(C(=O)Nc1ccc(C(c2ccc(NC(=O)[C@@](N)(CCCCNC(=O)OC(C)(C)C)C(=O)[C@H](Cc3c[nH]c4ccccc34)NC(=O)OC(C)(C)C)cc2)c2ccc(NC(=O)[C@@](N)(CCCCNC(=O)OC(C)(C)C)C(=O)[C@H](Cc3c[nH]c4ccccc34)NC(=O)OC(C)(C)C)cc2)cc1)C(=O)[C@H](Cc1c[nH]c2ccccc12)NC(=O)OC(C)(C)C. The van der Waals surface area contributed by atoms with Crippen LogP contribution in [0.5, 0.6) is 0 Å².